The number of anilines is 1. The summed E-state index contributed by atoms with van der Waals surface area (Å²) >= 11 is 0. The molecule has 6 rings (SSSR count). The highest BCUT2D eigenvalue weighted by Crippen LogP contribution is 2.45. The molecule has 4 N–H and O–H groups in total. The van der Waals surface area contributed by atoms with E-state index in [0.29, 0.717) is 41.1 Å². The van der Waals surface area contributed by atoms with Gasteiger partial charge < -0.3 is 34.2 Å². The summed E-state index contributed by atoms with van der Waals surface area (Å²) < 4.78 is 22.3. The summed E-state index contributed by atoms with van der Waals surface area (Å²) in [6, 6.07) is 10.7. The first-order valence-corrected chi connectivity index (χ1v) is 23.1. The van der Waals surface area contributed by atoms with Gasteiger partial charge in [0.05, 0.1) is 25.1 Å². The van der Waals surface area contributed by atoms with Crippen LogP contribution in [0.15, 0.2) is 49.1 Å². The van der Waals surface area contributed by atoms with Crippen LogP contribution in [0.1, 0.15) is 77.5 Å². The van der Waals surface area contributed by atoms with Gasteiger partial charge in [-0.05, 0) is 58.2 Å². The van der Waals surface area contributed by atoms with E-state index in [1.165, 1.54) is 6.33 Å². The molecule has 0 bridgehead atoms. The van der Waals surface area contributed by atoms with E-state index in [4.69, 9.17) is 18.6 Å². The van der Waals surface area contributed by atoms with Crippen molar-refractivity contribution >= 4 is 44.4 Å². The first kappa shape index (κ1) is 36.0. The minimum atomic E-state index is -2.14. The van der Waals surface area contributed by atoms with E-state index in [2.05, 4.69) is 83.0 Å². The standard InChI is InChI=1S/C36H53N5O6Si2/c1-35(2,3)48(7,8)45-18-25-24(47-49(9,10)36(4,5)6)17-26(46-25)41-20-39-29-33(37-19-38-34(29)41)40-28-27-22-14-12-11-13-21(22)15-16-23(27)30(42)32(44)31(28)43/h11-16,19-20,24-26,28,30-32,42-44H,17-18H2,1-10H3,(H,37,38,40)/t24-,25+,26+,28-,30+,31+,32-/m0/s1. The molecule has 13 heteroatoms. The molecule has 0 spiro atoms. The lowest BCUT2D eigenvalue weighted by Gasteiger charge is -2.40. The average Bonchev–Trinajstić information content (AvgIpc) is 3.63. The number of imidazole rings is 1. The van der Waals surface area contributed by atoms with Crippen molar-refractivity contribution < 1.29 is 28.9 Å². The first-order chi connectivity index (χ1) is 22.8. The number of aromatic nitrogens is 4. The van der Waals surface area contributed by atoms with Crippen molar-refractivity contribution in [2.24, 2.45) is 0 Å². The molecule has 2 aromatic carbocycles. The number of fused-ring (bicyclic) bond motifs is 4. The zero-order chi connectivity index (χ0) is 35.7. The van der Waals surface area contributed by atoms with Gasteiger partial charge in [0, 0.05) is 6.42 Å². The van der Waals surface area contributed by atoms with Crippen LogP contribution in [-0.4, -0.2) is 82.5 Å². The predicted octanol–water partition coefficient (Wildman–Crippen LogP) is 6.60. The van der Waals surface area contributed by atoms with Gasteiger partial charge in [0.2, 0.25) is 0 Å². The zero-order valence-electron chi connectivity index (χ0n) is 30.4. The van der Waals surface area contributed by atoms with Gasteiger partial charge in [0.25, 0.3) is 0 Å². The third-order valence-corrected chi connectivity index (χ3v) is 20.5. The Labute approximate surface area is 291 Å². The highest BCUT2D eigenvalue weighted by molar-refractivity contribution is 6.74. The molecule has 2 aromatic heterocycles. The summed E-state index contributed by atoms with van der Waals surface area (Å²) in [5.41, 5.74) is 2.35. The Morgan fingerprint density at radius 2 is 1.59 bits per heavy atom. The normalized spacial score (nSPS) is 26.8. The lowest BCUT2D eigenvalue weighted by atomic mass is 9.79. The molecular formula is C36H53N5O6Si2. The second-order valence-electron chi connectivity index (χ2n) is 16.7. The summed E-state index contributed by atoms with van der Waals surface area (Å²) in [6.45, 7) is 22.9. The van der Waals surface area contributed by atoms with Crippen LogP contribution in [0.25, 0.3) is 21.9 Å². The maximum absolute atomic E-state index is 11.3. The van der Waals surface area contributed by atoms with Gasteiger partial charge in [-0.1, -0.05) is 77.9 Å². The zero-order valence-corrected chi connectivity index (χ0v) is 32.4. The lowest BCUT2D eigenvalue weighted by Crippen LogP contribution is -2.48. The second-order valence-corrected chi connectivity index (χ2v) is 26.3. The predicted molar refractivity (Wildman–Crippen MR) is 196 cm³/mol. The molecule has 0 radical (unpaired) electrons. The molecule has 4 aromatic rings. The highest BCUT2D eigenvalue weighted by Gasteiger charge is 2.47. The number of nitrogens with zero attached hydrogens (tertiary/aromatic N) is 4. The Bertz CT molecular complexity index is 1820. The van der Waals surface area contributed by atoms with Crippen molar-refractivity contribution in [2.75, 3.05) is 11.9 Å². The third kappa shape index (κ3) is 6.60. The average molecular weight is 708 g/mol. The maximum Gasteiger partial charge on any atom is 0.192 e. The monoisotopic (exact) mass is 707 g/mol. The van der Waals surface area contributed by atoms with Gasteiger partial charge in [-0.2, -0.15) is 0 Å². The number of ether oxygens (including phenoxy) is 1. The number of hydrogen-bond donors (Lipinski definition) is 4. The molecule has 3 heterocycles. The molecule has 7 atom stereocenters. The van der Waals surface area contributed by atoms with Crippen molar-refractivity contribution in [3.05, 3.63) is 60.2 Å². The van der Waals surface area contributed by atoms with Crippen molar-refractivity contribution in [1.29, 1.82) is 0 Å². The Balaban J connectivity index is 1.32. The Kier molecular flexibility index (Phi) is 9.40. The van der Waals surface area contributed by atoms with Crippen molar-refractivity contribution in [1.82, 2.24) is 19.5 Å². The Hall–Kier alpha value is -2.76. The number of aliphatic hydroxyl groups excluding tert-OH is 3. The van der Waals surface area contributed by atoms with E-state index in [9.17, 15) is 15.3 Å². The summed E-state index contributed by atoms with van der Waals surface area (Å²) in [5.74, 6) is 0.403. The maximum atomic E-state index is 11.3. The minimum Gasteiger partial charge on any atom is -0.414 e. The number of aliphatic hydroxyl groups is 3. The largest absolute Gasteiger partial charge is 0.414 e. The number of rotatable bonds is 8. The van der Waals surface area contributed by atoms with E-state index in [1.807, 2.05) is 34.9 Å². The Morgan fingerprint density at radius 1 is 0.898 bits per heavy atom. The molecule has 49 heavy (non-hydrogen) atoms. The SMILES string of the molecule is CC(C)(C)[Si](C)(C)OC[C@H]1O[C@@H](n2cnc3c(N[C@H]4c5c(ccc6ccccc56)[C@@H](O)[C@H](O)[C@@H]4O)ncnc32)C[C@@H]1O[Si](C)(C)C(C)(C)C. The highest BCUT2D eigenvalue weighted by atomic mass is 28.4. The fourth-order valence-corrected chi connectivity index (χ4v) is 8.71. The van der Waals surface area contributed by atoms with Gasteiger partial charge in [-0.3, -0.25) is 4.57 Å². The molecule has 266 valence electrons. The van der Waals surface area contributed by atoms with Gasteiger partial charge in [0.15, 0.2) is 33.6 Å². The second kappa shape index (κ2) is 12.8. The van der Waals surface area contributed by atoms with E-state index >= 15 is 0 Å². The molecule has 2 aliphatic rings. The molecule has 1 saturated heterocycles. The van der Waals surface area contributed by atoms with E-state index in [0.717, 1.165) is 10.8 Å². The fourth-order valence-electron chi connectivity index (χ4n) is 6.34. The summed E-state index contributed by atoms with van der Waals surface area (Å²) in [6.07, 6.45) is -0.961. The fraction of sp³-hybridized carbons (Fsp3) is 0.583. The van der Waals surface area contributed by atoms with Crippen LogP contribution >= 0.6 is 0 Å². The van der Waals surface area contributed by atoms with Crippen LogP contribution in [-0.2, 0) is 13.6 Å². The molecule has 1 aliphatic carbocycles. The molecule has 0 saturated carbocycles. The molecule has 11 nitrogen and oxygen atoms in total. The summed E-state index contributed by atoms with van der Waals surface area (Å²) in [5, 5.41) is 38.4. The van der Waals surface area contributed by atoms with Crippen LogP contribution in [0.3, 0.4) is 0 Å². The van der Waals surface area contributed by atoms with Crippen LogP contribution in [0.5, 0.6) is 0 Å². The molecule has 1 aliphatic heterocycles. The molecule has 0 unspecified atom stereocenters. The quantitative estimate of drug-likeness (QED) is 0.148. The van der Waals surface area contributed by atoms with E-state index in [1.54, 1.807) is 12.4 Å². The van der Waals surface area contributed by atoms with Gasteiger partial charge in [-0.15, -0.1) is 0 Å². The minimum absolute atomic E-state index is 0.0304. The van der Waals surface area contributed by atoms with Crippen LogP contribution in [0, 0.1) is 0 Å². The van der Waals surface area contributed by atoms with Crippen LogP contribution in [0.2, 0.25) is 36.3 Å². The number of nitrogens with one attached hydrogen (secondary N) is 1. The third-order valence-electron chi connectivity index (χ3n) is 11.5. The van der Waals surface area contributed by atoms with Gasteiger partial charge in [0.1, 0.15) is 37.0 Å². The van der Waals surface area contributed by atoms with Crippen molar-refractivity contribution in [3.8, 4) is 0 Å². The van der Waals surface area contributed by atoms with Gasteiger partial charge in [-0.25, -0.2) is 15.0 Å². The molecular weight excluding hydrogens is 655 g/mol. The molecule has 1 fully saturated rings. The number of benzene rings is 2. The Morgan fingerprint density at radius 3 is 2.29 bits per heavy atom. The van der Waals surface area contributed by atoms with Crippen molar-refractivity contribution in [2.45, 2.75) is 127 Å². The van der Waals surface area contributed by atoms with E-state index < -0.39 is 47.2 Å². The number of hydrogen-bond acceptors (Lipinski definition) is 10. The topological polar surface area (TPSA) is 144 Å². The van der Waals surface area contributed by atoms with Gasteiger partial charge >= 0.3 is 0 Å². The summed E-state index contributed by atoms with van der Waals surface area (Å²) in [4.78, 5) is 13.9. The van der Waals surface area contributed by atoms with Crippen molar-refractivity contribution in [3.63, 3.8) is 0 Å². The summed E-state index contributed by atoms with van der Waals surface area (Å²) in [7, 11) is -4.18. The van der Waals surface area contributed by atoms with Crippen LogP contribution in [0.4, 0.5) is 5.82 Å². The lowest BCUT2D eigenvalue weighted by molar-refractivity contribution is -0.0766. The smallest absolute Gasteiger partial charge is 0.192 e. The van der Waals surface area contributed by atoms with E-state index in [-0.39, 0.29) is 22.3 Å². The first-order valence-electron chi connectivity index (χ1n) is 17.3. The van der Waals surface area contributed by atoms with Crippen LogP contribution < -0.4 is 5.32 Å². The molecule has 0 amide bonds.